The summed E-state index contributed by atoms with van der Waals surface area (Å²) in [5.41, 5.74) is -0.507. The van der Waals surface area contributed by atoms with Gasteiger partial charge in [0.25, 0.3) is 0 Å². The van der Waals surface area contributed by atoms with Crippen LogP contribution >= 0.6 is 0 Å². The second-order valence-corrected chi connectivity index (χ2v) is 6.59. The number of likely N-dealkylation sites (tertiary alicyclic amines) is 1. The van der Waals surface area contributed by atoms with Gasteiger partial charge in [0, 0.05) is 25.7 Å². The third kappa shape index (κ3) is 6.75. The van der Waals surface area contributed by atoms with Gasteiger partial charge >= 0.3 is 12.1 Å². The van der Waals surface area contributed by atoms with Gasteiger partial charge < -0.3 is 20.1 Å². The molecule has 0 aliphatic carbocycles. The van der Waals surface area contributed by atoms with Crippen LogP contribution in [0.5, 0.6) is 0 Å². The maximum atomic E-state index is 11.8. The number of alkyl carbamates (subject to hydrolysis) is 1. The van der Waals surface area contributed by atoms with Crippen LogP contribution in [0.25, 0.3) is 0 Å². The first-order valence-electron chi connectivity index (χ1n) is 7.09. The topological polar surface area (TPSA) is 78.9 Å². The van der Waals surface area contributed by atoms with Crippen molar-refractivity contribution >= 4 is 12.1 Å². The van der Waals surface area contributed by atoms with Crippen molar-refractivity contribution in [3.63, 3.8) is 0 Å². The number of nitrogens with zero attached hydrogens (tertiary/aromatic N) is 1. The third-order valence-electron chi connectivity index (χ3n) is 3.10. The molecule has 0 spiro atoms. The van der Waals surface area contributed by atoms with Crippen LogP contribution in [-0.2, 0) is 9.53 Å². The molecule has 0 bridgehead atoms. The monoisotopic (exact) mass is 286 g/mol. The lowest BCUT2D eigenvalue weighted by atomic mass is 9.96. The molecule has 0 aromatic rings. The molecule has 1 heterocycles. The standard InChI is InChI=1S/C14H26N2O4/c1-10-7-11(15-13(19)20-14(2,3)4)9-16(8-10)6-5-12(17)18/h10-11H,5-9H2,1-4H3,(H,15,19)(H,17,18). The van der Waals surface area contributed by atoms with Crippen LogP contribution in [0.2, 0.25) is 0 Å². The first-order valence-corrected chi connectivity index (χ1v) is 7.09. The predicted octanol–water partition coefficient (Wildman–Crippen LogP) is 1.70. The maximum absolute atomic E-state index is 11.8. The summed E-state index contributed by atoms with van der Waals surface area (Å²) in [7, 11) is 0. The zero-order valence-electron chi connectivity index (χ0n) is 12.8. The van der Waals surface area contributed by atoms with Gasteiger partial charge in [0.1, 0.15) is 5.60 Å². The summed E-state index contributed by atoms with van der Waals surface area (Å²) in [5, 5.41) is 11.6. The molecule has 1 rings (SSSR count). The van der Waals surface area contributed by atoms with E-state index in [4.69, 9.17) is 9.84 Å². The lowest BCUT2D eigenvalue weighted by Crippen LogP contribution is -2.51. The van der Waals surface area contributed by atoms with Crippen LogP contribution in [0, 0.1) is 5.92 Å². The quantitative estimate of drug-likeness (QED) is 0.822. The summed E-state index contributed by atoms with van der Waals surface area (Å²) in [6, 6.07) is 0.0161. The summed E-state index contributed by atoms with van der Waals surface area (Å²) in [5.74, 6) is -0.364. The molecular formula is C14H26N2O4. The third-order valence-corrected chi connectivity index (χ3v) is 3.10. The van der Waals surface area contributed by atoms with E-state index >= 15 is 0 Å². The number of hydrogen-bond donors (Lipinski definition) is 2. The highest BCUT2D eigenvalue weighted by Crippen LogP contribution is 2.17. The molecule has 1 fully saturated rings. The van der Waals surface area contributed by atoms with E-state index in [2.05, 4.69) is 17.1 Å². The number of amides is 1. The largest absolute Gasteiger partial charge is 0.481 e. The van der Waals surface area contributed by atoms with Gasteiger partial charge in [-0.05, 0) is 33.1 Å². The number of rotatable bonds is 4. The Morgan fingerprint density at radius 2 is 2.00 bits per heavy atom. The molecule has 116 valence electrons. The zero-order valence-corrected chi connectivity index (χ0v) is 12.8. The van der Waals surface area contributed by atoms with Gasteiger partial charge in [-0.2, -0.15) is 0 Å². The van der Waals surface area contributed by atoms with Crippen molar-refractivity contribution in [2.45, 2.75) is 52.2 Å². The Morgan fingerprint density at radius 3 is 2.55 bits per heavy atom. The second-order valence-electron chi connectivity index (χ2n) is 6.59. The van der Waals surface area contributed by atoms with Crippen LogP contribution in [0.15, 0.2) is 0 Å². The van der Waals surface area contributed by atoms with Crippen LogP contribution < -0.4 is 5.32 Å². The molecule has 1 aliphatic rings. The van der Waals surface area contributed by atoms with E-state index in [1.54, 1.807) is 0 Å². The Balaban J connectivity index is 2.45. The first-order chi connectivity index (χ1) is 9.15. The average molecular weight is 286 g/mol. The number of carboxylic acids is 1. The first kappa shape index (κ1) is 16.8. The summed E-state index contributed by atoms with van der Waals surface area (Å²) < 4.78 is 5.25. The molecule has 6 heteroatoms. The van der Waals surface area contributed by atoms with Crippen molar-refractivity contribution < 1.29 is 19.4 Å². The van der Waals surface area contributed by atoms with Gasteiger partial charge in [-0.15, -0.1) is 0 Å². The number of carboxylic acid groups (broad SMARTS) is 1. The van der Waals surface area contributed by atoms with Gasteiger partial charge in [-0.3, -0.25) is 4.79 Å². The molecule has 2 atom stereocenters. The molecule has 2 N–H and O–H groups in total. The van der Waals surface area contributed by atoms with Gasteiger partial charge in [-0.1, -0.05) is 6.92 Å². The molecule has 1 aliphatic heterocycles. The molecule has 0 aromatic carbocycles. The molecule has 20 heavy (non-hydrogen) atoms. The fourth-order valence-electron chi connectivity index (χ4n) is 2.48. The SMILES string of the molecule is CC1CC(NC(=O)OC(C)(C)C)CN(CCC(=O)O)C1. The van der Waals surface area contributed by atoms with E-state index in [0.717, 1.165) is 13.0 Å². The van der Waals surface area contributed by atoms with E-state index in [9.17, 15) is 9.59 Å². The maximum Gasteiger partial charge on any atom is 0.407 e. The zero-order chi connectivity index (χ0) is 15.3. The number of carbonyl (C=O) groups is 2. The van der Waals surface area contributed by atoms with Gasteiger partial charge in [0.2, 0.25) is 0 Å². The number of piperidine rings is 1. The number of hydrogen-bond acceptors (Lipinski definition) is 4. The normalized spacial score (nSPS) is 24.2. The minimum atomic E-state index is -0.792. The van der Waals surface area contributed by atoms with Gasteiger partial charge in [0.05, 0.1) is 6.42 Å². The highest BCUT2D eigenvalue weighted by atomic mass is 16.6. The van der Waals surface area contributed by atoms with Crippen LogP contribution in [0.4, 0.5) is 4.79 Å². The summed E-state index contributed by atoms with van der Waals surface area (Å²) >= 11 is 0. The second kappa shape index (κ2) is 6.92. The average Bonchev–Trinajstić information content (AvgIpc) is 2.22. The molecule has 1 amide bonds. The Hall–Kier alpha value is -1.30. The van der Waals surface area contributed by atoms with Crippen molar-refractivity contribution in [1.29, 1.82) is 0 Å². The molecule has 1 saturated heterocycles. The van der Waals surface area contributed by atoms with Crippen LogP contribution in [0.3, 0.4) is 0 Å². The minimum Gasteiger partial charge on any atom is -0.481 e. The van der Waals surface area contributed by atoms with E-state index < -0.39 is 17.7 Å². The fraction of sp³-hybridized carbons (Fsp3) is 0.857. The molecule has 0 aromatic heterocycles. The lowest BCUT2D eigenvalue weighted by Gasteiger charge is -2.36. The van der Waals surface area contributed by atoms with E-state index in [-0.39, 0.29) is 12.5 Å². The molecule has 6 nitrogen and oxygen atoms in total. The van der Waals surface area contributed by atoms with Crippen molar-refractivity contribution in [1.82, 2.24) is 10.2 Å². The molecule has 0 saturated carbocycles. The van der Waals surface area contributed by atoms with Crippen molar-refractivity contribution in [3.05, 3.63) is 0 Å². The minimum absolute atomic E-state index is 0.0161. The summed E-state index contributed by atoms with van der Waals surface area (Å²) in [4.78, 5) is 24.5. The number of ether oxygens (including phenoxy) is 1. The van der Waals surface area contributed by atoms with E-state index in [1.165, 1.54) is 0 Å². The van der Waals surface area contributed by atoms with Crippen molar-refractivity contribution in [3.8, 4) is 0 Å². The predicted molar refractivity (Wildman–Crippen MR) is 75.6 cm³/mol. The summed E-state index contributed by atoms with van der Waals surface area (Å²) in [6.07, 6.45) is 0.615. The lowest BCUT2D eigenvalue weighted by molar-refractivity contribution is -0.137. The Morgan fingerprint density at radius 1 is 1.35 bits per heavy atom. The Bertz CT molecular complexity index is 352. The van der Waals surface area contributed by atoms with Crippen molar-refractivity contribution in [2.75, 3.05) is 19.6 Å². The molecule has 0 radical (unpaired) electrons. The van der Waals surface area contributed by atoms with E-state index in [0.29, 0.717) is 19.0 Å². The van der Waals surface area contributed by atoms with Crippen LogP contribution in [0.1, 0.15) is 40.5 Å². The van der Waals surface area contributed by atoms with Gasteiger partial charge in [0.15, 0.2) is 0 Å². The molecular weight excluding hydrogens is 260 g/mol. The summed E-state index contributed by atoms with van der Waals surface area (Å²) in [6.45, 7) is 9.67. The Labute approximate surface area is 120 Å². The highest BCUT2D eigenvalue weighted by molar-refractivity contribution is 5.68. The fourth-order valence-corrected chi connectivity index (χ4v) is 2.48. The number of aliphatic carboxylic acids is 1. The van der Waals surface area contributed by atoms with Gasteiger partial charge in [-0.25, -0.2) is 4.79 Å². The Kier molecular flexibility index (Phi) is 5.80. The van der Waals surface area contributed by atoms with Crippen molar-refractivity contribution in [2.24, 2.45) is 5.92 Å². The number of carbonyl (C=O) groups excluding carboxylic acids is 1. The smallest absolute Gasteiger partial charge is 0.407 e. The number of nitrogens with one attached hydrogen (secondary N) is 1. The molecule has 2 unspecified atom stereocenters. The van der Waals surface area contributed by atoms with E-state index in [1.807, 2.05) is 20.8 Å². The highest BCUT2D eigenvalue weighted by Gasteiger charge is 2.27. The van der Waals surface area contributed by atoms with Crippen LogP contribution in [-0.4, -0.2) is 53.3 Å².